The molecule has 0 N–H and O–H groups in total. The first-order valence-corrected chi connectivity index (χ1v) is 11.6. The van der Waals surface area contributed by atoms with Gasteiger partial charge in [-0.25, -0.2) is 17.7 Å². The fourth-order valence-corrected chi connectivity index (χ4v) is 5.08. The van der Waals surface area contributed by atoms with Crippen LogP contribution in [0.1, 0.15) is 5.56 Å². The van der Waals surface area contributed by atoms with Gasteiger partial charge in [-0.05, 0) is 35.9 Å². The highest BCUT2D eigenvalue weighted by Gasteiger charge is 2.19. The Morgan fingerprint density at radius 2 is 1.86 bits per heavy atom. The molecule has 0 spiro atoms. The molecule has 0 radical (unpaired) electrons. The summed E-state index contributed by atoms with van der Waals surface area (Å²) in [5.74, 6) is 2.05. The lowest BCUT2D eigenvalue weighted by Crippen LogP contribution is -2.22. The number of hydrogen-bond acceptors (Lipinski definition) is 7. The van der Waals surface area contributed by atoms with Crippen LogP contribution in [0.3, 0.4) is 0 Å². The molecule has 0 unspecified atom stereocenters. The summed E-state index contributed by atoms with van der Waals surface area (Å²) >= 11 is 4.98. The average Bonchev–Trinajstić information content (AvgIpc) is 3.08. The smallest absolute Gasteiger partial charge is 0.257 e. The highest BCUT2D eigenvalue weighted by atomic mass is 79.9. The van der Waals surface area contributed by atoms with E-state index in [0.29, 0.717) is 35.3 Å². The monoisotopic (exact) mass is 484 g/mol. The van der Waals surface area contributed by atoms with E-state index in [9.17, 15) is 8.42 Å². The van der Waals surface area contributed by atoms with Crippen molar-refractivity contribution in [2.75, 3.05) is 27.3 Å². The maximum atomic E-state index is 12.3. The number of sulfonamides is 1. The average molecular weight is 485 g/mol. The molecule has 0 aliphatic carbocycles. The molecule has 1 aliphatic rings. The van der Waals surface area contributed by atoms with E-state index < -0.39 is 10.0 Å². The molecule has 7 nitrogen and oxygen atoms in total. The second-order valence-corrected chi connectivity index (χ2v) is 10.2. The number of rotatable bonds is 5. The molecule has 3 aromatic rings. The molecule has 148 valence electrons. The quantitative estimate of drug-likeness (QED) is 0.507. The van der Waals surface area contributed by atoms with Crippen LogP contribution in [0.15, 0.2) is 49.3 Å². The summed E-state index contributed by atoms with van der Waals surface area (Å²) < 4.78 is 43.6. The fourth-order valence-electron chi connectivity index (χ4n) is 2.68. The summed E-state index contributed by atoms with van der Waals surface area (Å²) in [5.41, 5.74) is 2.07. The minimum atomic E-state index is -3.52. The first kappa shape index (κ1) is 19.6. The molecule has 1 aromatic heterocycles. The third-order valence-corrected chi connectivity index (χ3v) is 7.61. The van der Waals surface area contributed by atoms with E-state index in [4.69, 9.17) is 13.9 Å². The van der Waals surface area contributed by atoms with Crippen LogP contribution in [0, 0.1) is 0 Å². The summed E-state index contributed by atoms with van der Waals surface area (Å²) in [6.07, 6.45) is 0. The van der Waals surface area contributed by atoms with Gasteiger partial charge in [0.2, 0.25) is 10.0 Å². The number of halogens is 1. The molecule has 2 heterocycles. The number of benzene rings is 2. The van der Waals surface area contributed by atoms with Crippen molar-refractivity contribution >= 4 is 48.8 Å². The zero-order valence-electron chi connectivity index (χ0n) is 15.1. The fraction of sp³-hybridized carbons (Fsp3) is 0.278. The van der Waals surface area contributed by atoms with E-state index in [1.54, 1.807) is 6.07 Å². The molecular formula is C18H17BrN2O5S2. The van der Waals surface area contributed by atoms with Gasteiger partial charge in [0, 0.05) is 24.3 Å². The van der Waals surface area contributed by atoms with Gasteiger partial charge in [-0.15, -0.1) is 0 Å². The van der Waals surface area contributed by atoms with Crippen LogP contribution >= 0.6 is 27.7 Å². The number of fused-ring (bicyclic) bond motifs is 2. The van der Waals surface area contributed by atoms with E-state index in [1.165, 1.54) is 42.3 Å². The Morgan fingerprint density at radius 3 is 2.57 bits per heavy atom. The summed E-state index contributed by atoms with van der Waals surface area (Å²) in [4.78, 5) is 4.61. The van der Waals surface area contributed by atoms with Crippen LogP contribution in [0.5, 0.6) is 11.5 Å². The van der Waals surface area contributed by atoms with Crippen LogP contribution < -0.4 is 9.47 Å². The van der Waals surface area contributed by atoms with Crippen molar-refractivity contribution in [3.63, 3.8) is 0 Å². The number of aromatic nitrogens is 1. The van der Waals surface area contributed by atoms with Gasteiger partial charge in [0.15, 0.2) is 17.1 Å². The molecule has 28 heavy (non-hydrogen) atoms. The number of thioether (sulfide) groups is 1. The maximum absolute atomic E-state index is 12.3. The molecule has 2 aromatic carbocycles. The highest BCUT2D eigenvalue weighted by Crippen LogP contribution is 2.38. The maximum Gasteiger partial charge on any atom is 0.257 e. The lowest BCUT2D eigenvalue weighted by molar-refractivity contribution is 0.171. The third kappa shape index (κ3) is 3.73. The van der Waals surface area contributed by atoms with Crippen molar-refractivity contribution in [3.05, 3.63) is 40.4 Å². The Morgan fingerprint density at radius 1 is 1.14 bits per heavy atom. The van der Waals surface area contributed by atoms with Crippen LogP contribution in [0.25, 0.3) is 11.1 Å². The van der Waals surface area contributed by atoms with E-state index in [2.05, 4.69) is 20.9 Å². The predicted molar refractivity (Wildman–Crippen MR) is 110 cm³/mol. The number of oxazole rings is 1. The van der Waals surface area contributed by atoms with Gasteiger partial charge in [0.05, 0.1) is 4.90 Å². The minimum Gasteiger partial charge on any atom is -0.486 e. The van der Waals surface area contributed by atoms with Crippen molar-refractivity contribution in [1.82, 2.24) is 9.29 Å². The van der Waals surface area contributed by atoms with Crippen molar-refractivity contribution < 1.29 is 22.3 Å². The molecule has 4 rings (SSSR count). The van der Waals surface area contributed by atoms with Crippen molar-refractivity contribution in [2.45, 2.75) is 15.9 Å². The Hall–Kier alpha value is -1.75. The zero-order valence-corrected chi connectivity index (χ0v) is 18.4. The van der Waals surface area contributed by atoms with Crippen LogP contribution in [0.4, 0.5) is 0 Å². The Balaban J connectivity index is 1.56. The second kappa shape index (κ2) is 7.58. The highest BCUT2D eigenvalue weighted by molar-refractivity contribution is 9.10. The predicted octanol–water partition coefficient (Wildman–Crippen LogP) is 3.90. The van der Waals surface area contributed by atoms with Gasteiger partial charge in [0.25, 0.3) is 5.22 Å². The molecule has 10 heteroatoms. The third-order valence-electron chi connectivity index (χ3n) is 4.18. The first-order valence-electron chi connectivity index (χ1n) is 8.38. The molecule has 1 aliphatic heterocycles. The summed E-state index contributed by atoms with van der Waals surface area (Å²) in [5, 5.41) is 0.469. The second-order valence-electron chi connectivity index (χ2n) is 6.27. The van der Waals surface area contributed by atoms with Gasteiger partial charge in [-0.3, -0.25) is 0 Å². The minimum absolute atomic E-state index is 0.185. The van der Waals surface area contributed by atoms with E-state index in [1.807, 2.05) is 12.1 Å². The van der Waals surface area contributed by atoms with E-state index >= 15 is 0 Å². The number of nitrogens with zero attached hydrogens (tertiary/aromatic N) is 2. The van der Waals surface area contributed by atoms with Gasteiger partial charge in [0.1, 0.15) is 18.7 Å². The van der Waals surface area contributed by atoms with E-state index in [0.717, 1.165) is 21.5 Å². The van der Waals surface area contributed by atoms with Crippen LogP contribution in [-0.2, 0) is 15.8 Å². The Kier molecular flexibility index (Phi) is 5.30. The number of ether oxygens (including phenoxy) is 2. The van der Waals surface area contributed by atoms with Crippen molar-refractivity contribution in [3.8, 4) is 11.5 Å². The van der Waals surface area contributed by atoms with Gasteiger partial charge in [-0.2, -0.15) is 0 Å². The molecule has 0 fully saturated rings. The van der Waals surface area contributed by atoms with Gasteiger partial charge < -0.3 is 13.9 Å². The van der Waals surface area contributed by atoms with Gasteiger partial charge >= 0.3 is 0 Å². The Labute approximate surface area is 175 Å². The normalized spacial score (nSPS) is 14.0. The van der Waals surface area contributed by atoms with Crippen molar-refractivity contribution in [2.24, 2.45) is 0 Å². The molecule has 0 saturated heterocycles. The molecule has 0 atom stereocenters. The van der Waals surface area contributed by atoms with Crippen LogP contribution in [-0.4, -0.2) is 45.0 Å². The topological polar surface area (TPSA) is 81.9 Å². The molecular weight excluding hydrogens is 468 g/mol. The van der Waals surface area contributed by atoms with Crippen LogP contribution in [0.2, 0.25) is 0 Å². The standard InChI is InChI=1S/C18H17BrN2O5S2/c1-21(2)28(22,23)12-3-4-15-14(8-12)20-18(26-15)27-10-11-7-16-17(9-13(11)19)25-6-5-24-16/h3-4,7-9H,5-6,10H2,1-2H3. The molecule has 0 saturated carbocycles. The lowest BCUT2D eigenvalue weighted by atomic mass is 10.2. The summed E-state index contributed by atoms with van der Waals surface area (Å²) in [6, 6.07) is 8.51. The summed E-state index contributed by atoms with van der Waals surface area (Å²) in [7, 11) is -0.526. The SMILES string of the molecule is CN(C)S(=O)(=O)c1ccc2oc(SCc3cc4c(cc3Br)OCCO4)nc2c1. The molecule has 0 amide bonds. The largest absolute Gasteiger partial charge is 0.486 e. The molecule has 0 bridgehead atoms. The first-order chi connectivity index (χ1) is 13.3. The van der Waals surface area contributed by atoms with Crippen molar-refractivity contribution in [1.29, 1.82) is 0 Å². The summed E-state index contributed by atoms with van der Waals surface area (Å²) in [6.45, 7) is 1.08. The lowest BCUT2D eigenvalue weighted by Gasteiger charge is -2.19. The number of hydrogen-bond donors (Lipinski definition) is 0. The Bertz CT molecular complexity index is 1140. The van der Waals surface area contributed by atoms with E-state index in [-0.39, 0.29) is 4.90 Å². The van der Waals surface area contributed by atoms with Gasteiger partial charge in [-0.1, -0.05) is 27.7 Å². The zero-order chi connectivity index (χ0) is 19.9.